The standard InChI is InChI=1S/C52H53N5O7/c1-33-14-10-11-19-39(33)32-57-44-28-35(30-46(59)42-20-12-26-55(42)50(61)48(53-34(2)58)37-15-6-4-7-16-37)22-24-40(44)41-25-23-36(29-45(41)57)31-47(60)43-21-13-27-56(43)51(62)49(54-52(63)64-3)38-17-8-5-9-18-38/h4-11,14-19,22-25,28-29,42-43,48-49H,12-13,20-21,26-27,30-32H2,1-3H3,(H,53,58)(H,54,63)/t42-,43-,48+,49+/m0/s1. The van der Waals surface area contributed by atoms with Gasteiger partial charge in [0.15, 0.2) is 11.6 Å². The Bertz CT molecular complexity index is 2730. The quantitative estimate of drug-likeness (QED) is 0.117. The Morgan fingerprint density at radius 2 is 1.09 bits per heavy atom. The zero-order valence-electron chi connectivity index (χ0n) is 36.4. The molecule has 2 saturated heterocycles. The lowest BCUT2D eigenvalue weighted by Crippen LogP contribution is -2.47. The number of nitrogens with one attached hydrogen (secondary N) is 2. The first kappa shape index (κ1) is 43.6. The van der Waals surface area contributed by atoms with Gasteiger partial charge in [-0.3, -0.25) is 24.0 Å². The van der Waals surface area contributed by atoms with E-state index in [9.17, 15) is 28.8 Å². The summed E-state index contributed by atoms with van der Waals surface area (Å²) in [6.07, 6.45) is 1.93. The first-order valence-electron chi connectivity index (χ1n) is 22.0. The number of hydrogen-bond donors (Lipinski definition) is 2. The number of aryl methyl sites for hydroxylation is 1. The summed E-state index contributed by atoms with van der Waals surface area (Å²) in [6.45, 7) is 4.85. The Kier molecular flexibility index (Phi) is 13.0. The number of nitrogens with zero attached hydrogens (tertiary/aromatic N) is 3. The molecule has 328 valence electrons. The second-order valence-corrected chi connectivity index (χ2v) is 16.9. The number of ether oxygens (including phenoxy) is 1. The van der Waals surface area contributed by atoms with Gasteiger partial charge < -0.3 is 29.7 Å². The van der Waals surface area contributed by atoms with Crippen LogP contribution in [0.4, 0.5) is 4.79 Å². The van der Waals surface area contributed by atoms with E-state index in [4.69, 9.17) is 4.74 Å². The summed E-state index contributed by atoms with van der Waals surface area (Å²) >= 11 is 0. The third-order valence-electron chi connectivity index (χ3n) is 12.7. The van der Waals surface area contributed by atoms with Crippen LogP contribution in [0.15, 0.2) is 121 Å². The van der Waals surface area contributed by atoms with Crippen LogP contribution >= 0.6 is 0 Å². The molecule has 0 unspecified atom stereocenters. The smallest absolute Gasteiger partial charge is 0.407 e. The molecule has 0 saturated carbocycles. The predicted molar refractivity (Wildman–Crippen MR) is 244 cm³/mol. The summed E-state index contributed by atoms with van der Waals surface area (Å²) in [5.74, 6) is -1.11. The summed E-state index contributed by atoms with van der Waals surface area (Å²) in [6, 6.07) is 35.3. The first-order chi connectivity index (χ1) is 31.0. The van der Waals surface area contributed by atoms with Crippen molar-refractivity contribution in [3.63, 3.8) is 0 Å². The topological polar surface area (TPSA) is 147 Å². The number of carbonyl (C=O) groups is 6. The highest BCUT2D eigenvalue weighted by molar-refractivity contribution is 6.09. The minimum absolute atomic E-state index is 0.0576. The highest BCUT2D eigenvalue weighted by atomic mass is 16.5. The monoisotopic (exact) mass is 859 g/mol. The van der Waals surface area contributed by atoms with E-state index in [2.05, 4.69) is 46.4 Å². The number of fused-ring (bicyclic) bond motifs is 3. The van der Waals surface area contributed by atoms with Crippen LogP contribution in [-0.2, 0) is 48.1 Å². The number of likely N-dealkylation sites (tertiary alicyclic amines) is 2. The molecule has 4 atom stereocenters. The van der Waals surface area contributed by atoms with E-state index in [-0.39, 0.29) is 42.1 Å². The molecule has 12 nitrogen and oxygen atoms in total. The molecule has 0 bridgehead atoms. The lowest BCUT2D eigenvalue weighted by molar-refractivity contribution is -0.140. The predicted octanol–water partition coefficient (Wildman–Crippen LogP) is 7.33. The minimum Gasteiger partial charge on any atom is -0.453 e. The molecule has 2 N–H and O–H groups in total. The number of amides is 4. The Hall–Kier alpha value is -7.08. The van der Waals surface area contributed by atoms with E-state index in [1.807, 2.05) is 60.7 Å². The van der Waals surface area contributed by atoms with Crippen LogP contribution in [0.1, 0.15) is 78.1 Å². The maximum Gasteiger partial charge on any atom is 0.407 e. The van der Waals surface area contributed by atoms with Gasteiger partial charge in [-0.1, -0.05) is 109 Å². The van der Waals surface area contributed by atoms with Crippen LogP contribution in [-0.4, -0.2) is 82.0 Å². The van der Waals surface area contributed by atoms with Crippen molar-refractivity contribution in [1.82, 2.24) is 25.0 Å². The number of rotatable bonds is 14. The van der Waals surface area contributed by atoms with Crippen molar-refractivity contribution in [2.45, 2.75) is 83.1 Å². The van der Waals surface area contributed by atoms with Crippen LogP contribution in [0.3, 0.4) is 0 Å². The summed E-state index contributed by atoms with van der Waals surface area (Å²) in [5, 5.41) is 7.48. The number of alkyl carbamates (subject to hydrolysis) is 1. The Balaban J connectivity index is 1.07. The maximum absolute atomic E-state index is 14.2. The highest BCUT2D eigenvalue weighted by Gasteiger charge is 2.39. The number of Topliss-reactive ketones (excluding diaryl/α,β-unsaturated/α-hetero) is 2. The van der Waals surface area contributed by atoms with Crippen molar-refractivity contribution in [3.05, 3.63) is 155 Å². The first-order valence-corrected chi connectivity index (χ1v) is 22.0. The van der Waals surface area contributed by atoms with Crippen LogP contribution in [0.5, 0.6) is 0 Å². The largest absolute Gasteiger partial charge is 0.453 e. The lowest BCUT2D eigenvalue weighted by atomic mass is 9.98. The molecule has 2 fully saturated rings. The third kappa shape index (κ3) is 9.18. The summed E-state index contributed by atoms with van der Waals surface area (Å²) in [7, 11) is 1.25. The van der Waals surface area contributed by atoms with Crippen LogP contribution in [0.2, 0.25) is 0 Å². The molecule has 4 amide bonds. The number of ketones is 2. The average Bonchev–Trinajstić information content (AvgIpc) is 4.07. The third-order valence-corrected chi connectivity index (χ3v) is 12.7. The van der Waals surface area contributed by atoms with E-state index in [0.29, 0.717) is 56.4 Å². The summed E-state index contributed by atoms with van der Waals surface area (Å²) in [4.78, 5) is 84.2. The van der Waals surface area contributed by atoms with Gasteiger partial charge in [0.1, 0.15) is 12.1 Å². The second kappa shape index (κ2) is 19.1. The SMILES string of the molecule is COC(=O)N[C@@H](C(=O)N1CCC[C@H]1C(=O)Cc1ccc2c3ccc(CC(=O)[C@@H]4CCCN4C(=O)[C@H](NC(C)=O)c4ccccc4)cc3n(Cc3ccccc3C)c2c1)c1ccccc1. The van der Waals surface area contributed by atoms with Crippen molar-refractivity contribution in [3.8, 4) is 0 Å². The van der Waals surface area contributed by atoms with Crippen LogP contribution in [0.25, 0.3) is 21.8 Å². The fourth-order valence-electron chi connectivity index (χ4n) is 9.48. The van der Waals surface area contributed by atoms with Gasteiger partial charge in [-0.25, -0.2) is 4.79 Å². The van der Waals surface area contributed by atoms with Crippen molar-refractivity contribution < 1.29 is 33.5 Å². The van der Waals surface area contributed by atoms with E-state index >= 15 is 0 Å². The Labute approximate surface area is 372 Å². The average molecular weight is 860 g/mol. The van der Waals surface area contributed by atoms with Gasteiger partial charge in [-0.2, -0.15) is 0 Å². The van der Waals surface area contributed by atoms with Crippen LogP contribution < -0.4 is 10.6 Å². The molecular weight excluding hydrogens is 807 g/mol. The minimum atomic E-state index is -1.00. The van der Waals surface area contributed by atoms with E-state index in [0.717, 1.165) is 44.1 Å². The number of methoxy groups -OCH3 is 1. The molecule has 6 aromatic rings. The van der Waals surface area contributed by atoms with E-state index in [1.165, 1.54) is 14.0 Å². The molecule has 8 rings (SSSR count). The fraction of sp³-hybridized carbons (Fsp3) is 0.308. The zero-order valence-corrected chi connectivity index (χ0v) is 36.4. The lowest BCUT2D eigenvalue weighted by Gasteiger charge is -2.28. The molecule has 0 aliphatic carbocycles. The van der Waals surface area contributed by atoms with Crippen molar-refractivity contribution in [1.29, 1.82) is 0 Å². The summed E-state index contributed by atoms with van der Waals surface area (Å²) < 4.78 is 7.08. The van der Waals surface area contributed by atoms with Crippen molar-refractivity contribution >= 4 is 57.2 Å². The Morgan fingerprint density at radius 1 is 0.625 bits per heavy atom. The van der Waals surface area contributed by atoms with Crippen molar-refractivity contribution in [2.75, 3.05) is 20.2 Å². The van der Waals surface area contributed by atoms with Gasteiger partial charge in [0.05, 0.1) is 19.2 Å². The van der Waals surface area contributed by atoms with Gasteiger partial charge in [-0.05, 0) is 78.1 Å². The van der Waals surface area contributed by atoms with Gasteiger partial charge in [-0.15, -0.1) is 0 Å². The fourth-order valence-corrected chi connectivity index (χ4v) is 9.48. The van der Waals surface area contributed by atoms with Gasteiger partial charge in [0, 0.05) is 61.2 Å². The number of benzene rings is 5. The molecule has 12 heteroatoms. The molecule has 5 aromatic carbocycles. The molecule has 2 aliphatic rings. The molecular formula is C52H53N5O7. The number of aromatic nitrogens is 1. The number of carbonyl (C=O) groups excluding carboxylic acids is 6. The summed E-state index contributed by atoms with van der Waals surface area (Å²) in [5.41, 5.74) is 7.05. The zero-order chi connectivity index (χ0) is 44.9. The second-order valence-electron chi connectivity index (χ2n) is 16.9. The van der Waals surface area contributed by atoms with E-state index in [1.54, 1.807) is 46.2 Å². The number of hydrogen-bond acceptors (Lipinski definition) is 7. The van der Waals surface area contributed by atoms with E-state index < -0.39 is 30.3 Å². The van der Waals surface area contributed by atoms with Crippen LogP contribution in [0, 0.1) is 6.92 Å². The van der Waals surface area contributed by atoms with Crippen molar-refractivity contribution in [2.24, 2.45) is 0 Å². The Morgan fingerprint density at radius 3 is 1.56 bits per heavy atom. The maximum atomic E-state index is 14.2. The van der Waals surface area contributed by atoms with Gasteiger partial charge >= 0.3 is 6.09 Å². The molecule has 64 heavy (non-hydrogen) atoms. The molecule has 3 heterocycles. The molecule has 0 spiro atoms. The molecule has 1 aromatic heterocycles. The van der Waals surface area contributed by atoms with Gasteiger partial charge in [0.25, 0.3) is 5.91 Å². The molecule has 2 aliphatic heterocycles. The normalized spacial score (nSPS) is 17.0. The van der Waals surface area contributed by atoms with Gasteiger partial charge in [0.2, 0.25) is 11.8 Å². The molecule has 0 radical (unpaired) electrons. The highest BCUT2D eigenvalue weighted by Crippen LogP contribution is 2.34.